The zero-order chi connectivity index (χ0) is 21.1. The number of nitrogens with one attached hydrogen (secondary N) is 1. The van der Waals surface area contributed by atoms with Crippen LogP contribution in [0.3, 0.4) is 0 Å². The van der Waals surface area contributed by atoms with E-state index in [1.54, 1.807) is 13.2 Å². The molecular formula is C22H20FN3O4. The van der Waals surface area contributed by atoms with E-state index in [0.717, 1.165) is 11.3 Å². The number of benzene rings is 2. The van der Waals surface area contributed by atoms with Crippen molar-refractivity contribution in [2.75, 3.05) is 18.6 Å². The second-order valence-corrected chi connectivity index (χ2v) is 7.01. The van der Waals surface area contributed by atoms with Crippen molar-refractivity contribution in [2.24, 2.45) is 5.92 Å². The monoisotopic (exact) mass is 409 g/mol. The van der Waals surface area contributed by atoms with E-state index in [4.69, 9.17) is 9.26 Å². The molecule has 1 saturated heterocycles. The molecule has 2 aromatic carbocycles. The summed E-state index contributed by atoms with van der Waals surface area (Å²) in [7, 11) is 1.60. The molecule has 154 valence electrons. The van der Waals surface area contributed by atoms with Crippen LogP contribution >= 0.6 is 0 Å². The van der Waals surface area contributed by atoms with Gasteiger partial charge in [0.1, 0.15) is 17.3 Å². The van der Waals surface area contributed by atoms with Gasteiger partial charge in [-0.15, -0.1) is 0 Å². The number of aromatic nitrogens is 1. The highest BCUT2D eigenvalue weighted by Crippen LogP contribution is 2.26. The predicted molar refractivity (Wildman–Crippen MR) is 107 cm³/mol. The first-order valence-electron chi connectivity index (χ1n) is 9.47. The fourth-order valence-corrected chi connectivity index (χ4v) is 3.36. The molecule has 1 aliphatic heterocycles. The molecule has 0 radical (unpaired) electrons. The van der Waals surface area contributed by atoms with E-state index < -0.39 is 5.92 Å². The number of anilines is 1. The zero-order valence-corrected chi connectivity index (χ0v) is 16.3. The minimum absolute atomic E-state index is 0.110. The molecule has 1 aliphatic rings. The van der Waals surface area contributed by atoms with Crippen LogP contribution in [-0.2, 0) is 16.1 Å². The molecule has 0 aliphatic carbocycles. The summed E-state index contributed by atoms with van der Waals surface area (Å²) in [6.45, 7) is 0.450. The van der Waals surface area contributed by atoms with Gasteiger partial charge < -0.3 is 19.5 Å². The SMILES string of the molecule is COc1ccc(-c2cc(CNC(=O)[C@@H]3CC(=O)N(c4ccc(F)cc4)C3)no2)cc1. The van der Waals surface area contributed by atoms with Gasteiger partial charge in [0.25, 0.3) is 0 Å². The summed E-state index contributed by atoms with van der Waals surface area (Å²) in [5.41, 5.74) is 2.00. The third kappa shape index (κ3) is 4.17. The van der Waals surface area contributed by atoms with E-state index in [-0.39, 0.29) is 37.1 Å². The van der Waals surface area contributed by atoms with E-state index in [1.165, 1.54) is 29.2 Å². The van der Waals surface area contributed by atoms with Crippen LogP contribution in [0.15, 0.2) is 59.1 Å². The fraction of sp³-hybridized carbons (Fsp3) is 0.227. The predicted octanol–water partition coefficient (Wildman–Crippen LogP) is 3.16. The van der Waals surface area contributed by atoms with Gasteiger partial charge >= 0.3 is 0 Å². The summed E-state index contributed by atoms with van der Waals surface area (Å²) >= 11 is 0. The van der Waals surface area contributed by atoms with E-state index >= 15 is 0 Å². The Kier molecular flexibility index (Phi) is 5.47. The van der Waals surface area contributed by atoms with E-state index in [0.29, 0.717) is 17.1 Å². The van der Waals surface area contributed by atoms with Gasteiger partial charge in [-0.2, -0.15) is 0 Å². The summed E-state index contributed by atoms with van der Waals surface area (Å²) in [5.74, 6) is 0.0794. The van der Waals surface area contributed by atoms with Gasteiger partial charge in [-0.3, -0.25) is 9.59 Å². The van der Waals surface area contributed by atoms with Crippen LogP contribution in [0, 0.1) is 11.7 Å². The molecule has 0 unspecified atom stereocenters. The lowest BCUT2D eigenvalue weighted by Gasteiger charge is -2.16. The Morgan fingerprint density at radius 3 is 2.67 bits per heavy atom. The van der Waals surface area contributed by atoms with Crippen LogP contribution in [0.1, 0.15) is 12.1 Å². The summed E-state index contributed by atoms with van der Waals surface area (Å²) in [6.07, 6.45) is 0.110. The number of carbonyl (C=O) groups is 2. The van der Waals surface area contributed by atoms with E-state index in [2.05, 4.69) is 10.5 Å². The Morgan fingerprint density at radius 2 is 1.97 bits per heavy atom. The number of ether oxygens (including phenoxy) is 1. The van der Waals surface area contributed by atoms with Gasteiger partial charge in [0, 0.05) is 30.3 Å². The molecule has 4 rings (SSSR count). The van der Waals surface area contributed by atoms with Crippen molar-refractivity contribution in [3.05, 3.63) is 66.1 Å². The van der Waals surface area contributed by atoms with Gasteiger partial charge in [0.05, 0.1) is 19.6 Å². The largest absolute Gasteiger partial charge is 0.497 e. The summed E-state index contributed by atoms with van der Waals surface area (Å²) < 4.78 is 23.6. The number of methoxy groups -OCH3 is 1. The van der Waals surface area contributed by atoms with Crippen LogP contribution in [0.4, 0.5) is 10.1 Å². The van der Waals surface area contributed by atoms with Crippen molar-refractivity contribution in [3.8, 4) is 17.1 Å². The number of rotatable bonds is 6. The lowest BCUT2D eigenvalue weighted by molar-refractivity contribution is -0.126. The minimum atomic E-state index is -0.476. The molecule has 2 amide bonds. The Hall–Kier alpha value is -3.68. The van der Waals surface area contributed by atoms with Crippen LogP contribution in [0.2, 0.25) is 0 Å². The third-order valence-electron chi connectivity index (χ3n) is 5.01. The standard InChI is InChI=1S/C22H20FN3O4/c1-29-19-8-2-14(3-9-19)20-11-17(25-30-20)12-24-22(28)15-10-21(27)26(13-15)18-6-4-16(23)5-7-18/h2-9,11,15H,10,12-13H2,1H3,(H,24,28)/t15-/m1/s1. The second-order valence-electron chi connectivity index (χ2n) is 7.01. The lowest BCUT2D eigenvalue weighted by Crippen LogP contribution is -2.32. The highest BCUT2D eigenvalue weighted by atomic mass is 19.1. The first-order chi connectivity index (χ1) is 14.5. The van der Waals surface area contributed by atoms with Crippen molar-refractivity contribution in [1.29, 1.82) is 0 Å². The molecule has 3 aromatic rings. The van der Waals surface area contributed by atoms with Crippen LogP contribution < -0.4 is 15.0 Å². The first kappa shape index (κ1) is 19.6. The van der Waals surface area contributed by atoms with Crippen molar-refractivity contribution in [3.63, 3.8) is 0 Å². The maximum absolute atomic E-state index is 13.1. The topological polar surface area (TPSA) is 84.7 Å². The van der Waals surface area contributed by atoms with Crippen LogP contribution in [-0.4, -0.2) is 30.6 Å². The highest BCUT2D eigenvalue weighted by Gasteiger charge is 2.35. The van der Waals surface area contributed by atoms with E-state index in [9.17, 15) is 14.0 Å². The number of nitrogens with zero attached hydrogens (tertiary/aromatic N) is 2. The Labute approximate surface area is 172 Å². The number of carbonyl (C=O) groups excluding carboxylic acids is 2. The van der Waals surface area contributed by atoms with Gasteiger partial charge in [-0.1, -0.05) is 5.16 Å². The molecule has 1 N–H and O–H groups in total. The molecule has 0 bridgehead atoms. The first-order valence-corrected chi connectivity index (χ1v) is 9.47. The zero-order valence-electron chi connectivity index (χ0n) is 16.3. The number of hydrogen-bond donors (Lipinski definition) is 1. The van der Waals surface area contributed by atoms with Gasteiger partial charge in [-0.05, 0) is 48.5 Å². The Balaban J connectivity index is 1.34. The molecule has 30 heavy (non-hydrogen) atoms. The number of halogens is 1. The molecule has 1 atom stereocenters. The van der Waals surface area contributed by atoms with Gasteiger partial charge in [-0.25, -0.2) is 4.39 Å². The van der Waals surface area contributed by atoms with Gasteiger partial charge in [0.15, 0.2) is 5.76 Å². The average Bonchev–Trinajstić information content (AvgIpc) is 3.40. The molecule has 0 spiro atoms. The maximum atomic E-state index is 13.1. The third-order valence-corrected chi connectivity index (χ3v) is 5.01. The summed E-state index contributed by atoms with van der Waals surface area (Å²) in [6, 6.07) is 14.8. The summed E-state index contributed by atoms with van der Waals surface area (Å²) in [5, 5.41) is 6.79. The maximum Gasteiger partial charge on any atom is 0.227 e. The van der Waals surface area contributed by atoms with Crippen molar-refractivity contribution < 1.29 is 23.2 Å². The Bertz CT molecular complexity index is 1050. The van der Waals surface area contributed by atoms with E-state index in [1.807, 2.05) is 24.3 Å². The molecule has 2 heterocycles. The number of hydrogen-bond acceptors (Lipinski definition) is 5. The van der Waals surface area contributed by atoms with Crippen LogP contribution in [0.25, 0.3) is 11.3 Å². The fourth-order valence-electron chi connectivity index (χ4n) is 3.36. The van der Waals surface area contributed by atoms with Crippen molar-refractivity contribution in [2.45, 2.75) is 13.0 Å². The molecule has 1 aromatic heterocycles. The van der Waals surface area contributed by atoms with Crippen LogP contribution in [0.5, 0.6) is 5.75 Å². The average molecular weight is 409 g/mol. The quantitative estimate of drug-likeness (QED) is 0.676. The van der Waals surface area contributed by atoms with Crippen molar-refractivity contribution >= 4 is 17.5 Å². The molecule has 8 heteroatoms. The molecular weight excluding hydrogens is 389 g/mol. The van der Waals surface area contributed by atoms with Gasteiger partial charge in [0.2, 0.25) is 11.8 Å². The minimum Gasteiger partial charge on any atom is -0.497 e. The molecule has 1 fully saturated rings. The highest BCUT2D eigenvalue weighted by molar-refractivity contribution is 6.00. The normalized spacial score (nSPS) is 16.0. The summed E-state index contributed by atoms with van der Waals surface area (Å²) in [4.78, 5) is 26.3. The van der Waals surface area contributed by atoms with Crippen molar-refractivity contribution in [1.82, 2.24) is 10.5 Å². The lowest BCUT2D eigenvalue weighted by atomic mass is 10.1. The Morgan fingerprint density at radius 1 is 1.23 bits per heavy atom. The smallest absolute Gasteiger partial charge is 0.227 e. The molecule has 7 nitrogen and oxygen atoms in total. The molecule has 0 saturated carbocycles. The second kappa shape index (κ2) is 8.36. The number of amides is 2.